The van der Waals surface area contributed by atoms with Crippen molar-refractivity contribution in [2.24, 2.45) is 0 Å². The van der Waals surface area contributed by atoms with Crippen molar-refractivity contribution in [3.05, 3.63) is 12.7 Å². The molecule has 0 spiro atoms. The van der Waals surface area contributed by atoms with Gasteiger partial charge in [0.05, 0.1) is 0 Å². The lowest BCUT2D eigenvalue weighted by atomic mass is 10.3. The molecule has 0 saturated heterocycles. The van der Waals surface area contributed by atoms with Gasteiger partial charge in [0.1, 0.15) is 6.04 Å². The number of nitrogens with one attached hydrogen (secondary N) is 2. The molecule has 0 aromatic rings. The fraction of sp³-hybridized carbons (Fsp3) is 0.500. The molecule has 0 radical (unpaired) electrons. The molecule has 4 nitrogen and oxygen atoms in total. The van der Waals surface area contributed by atoms with Crippen LogP contribution in [0.4, 0.5) is 0 Å². The second-order valence-electron chi connectivity index (χ2n) is 2.33. The minimum Gasteiger partial charge on any atom is -0.355 e. The van der Waals surface area contributed by atoms with Crippen LogP contribution < -0.4 is 10.6 Å². The van der Waals surface area contributed by atoms with E-state index in [4.69, 9.17) is 0 Å². The van der Waals surface area contributed by atoms with Crippen LogP contribution >= 0.6 is 0 Å². The van der Waals surface area contributed by atoms with Gasteiger partial charge < -0.3 is 10.6 Å². The van der Waals surface area contributed by atoms with Crippen LogP contribution in [0.5, 0.6) is 0 Å². The number of carbonyl (C=O) groups excluding carboxylic acids is 2. The molecule has 4 heteroatoms. The average molecular weight is 170 g/mol. The van der Waals surface area contributed by atoms with Gasteiger partial charge in [0.2, 0.25) is 11.8 Å². The molecule has 0 aliphatic heterocycles. The van der Waals surface area contributed by atoms with Crippen molar-refractivity contribution >= 4 is 11.8 Å². The summed E-state index contributed by atoms with van der Waals surface area (Å²) in [4.78, 5) is 21.8. The maximum Gasteiger partial charge on any atom is 0.244 e. The predicted molar refractivity (Wildman–Crippen MR) is 46.5 cm³/mol. The maximum absolute atomic E-state index is 11.0. The first-order chi connectivity index (χ1) is 5.61. The normalized spacial score (nSPS) is 11.5. The van der Waals surface area contributed by atoms with Crippen LogP contribution in [0.15, 0.2) is 12.7 Å². The Morgan fingerprint density at radius 1 is 1.58 bits per heavy atom. The summed E-state index contributed by atoms with van der Waals surface area (Å²) in [5.74, 6) is -0.526. The molecule has 2 N–H and O–H groups in total. The molecule has 1 atom stereocenters. The quantitative estimate of drug-likeness (QED) is 0.575. The number of carbonyl (C=O) groups is 2. The maximum atomic E-state index is 11.0. The largest absolute Gasteiger partial charge is 0.355 e. The van der Waals surface area contributed by atoms with Crippen molar-refractivity contribution in [2.45, 2.75) is 19.9 Å². The van der Waals surface area contributed by atoms with Crippen LogP contribution in [0.3, 0.4) is 0 Å². The number of hydrogen-bond donors (Lipinski definition) is 2. The third-order valence-electron chi connectivity index (χ3n) is 1.29. The molecule has 12 heavy (non-hydrogen) atoms. The fourth-order valence-electron chi connectivity index (χ4n) is 0.665. The molecule has 0 heterocycles. The summed E-state index contributed by atoms with van der Waals surface area (Å²) in [5.41, 5.74) is 0. The summed E-state index contributed by atoms with van der Waals surface area (Å²) >= 11 is 0. The van der Waals surface area contributed by atoms with Crippen LogP contribution in [0, 0.1) is 0 Å². The molecule has 0 aromatic carbocycles. The first-order valence-electron chi connectivity index (χ1n) is 3.82. The molecule has 0 aromatic heterocycles. The van der Waals surface area contributed by atoms with Gasteiger partial charge in [-0.3, -0.25) is 9.59 Å². The van der Waals surface area contributed by atoms with E-state index in [9.17, 15) is 9.59 Å². The summed E-state index contributed by atoms with van der Waals surface area (Å²) in [6.45, 7) is 7.27. The predicted octanol–water partition coefficient (Wildman–Crippen LogP) is -0.187. The Kier molecular flexibility index (Phi) is 4.76. The lowest BCUT2D eigenvalue weighted by molar-refractivity contribution is -0.126. The fourth-order valence-corrected chi connectivity index (χ4v) is 0.665. The average Bonchev–Trinajstić information content (AvgIpc) is 2.04. The summed E-state index contributed by atoms with van der Waals surface area (Å²) in [6, 6.07) is -0.504. The van der Waals surface area contributed by atoms with Crippen molar-refractivity contribution in [2.75, 3.05) is 6.54 Å². The van der Waals surface area contributed by atoms with Gasteiger partial charge in [-0.2, -0.15) is 0 Å². The van der Waals surface area contributed by atoms with Gasteiger partial charge >= 0.3 is 0 Å². The Bertz CT molecular complexity index is 189. The van der Waals surface area contributed by atoms with E-state index in [0.29, 0.717) is 6.54 Å². The molecule has 2 amide bonds. The van der Waals surface area contributed by atoms with E-state index < -0.39 is 6.04 Å². The lowest BCUT2D eigenvalue weighted by Gasteiger charge is -2.11. The van der Waals surface area contributed by atoms with Crippen molar-refractivity contribution in [1.29, 1.82) is 0 Å². The van der Waals surface area contributed by atoms with Gasteiger partial charge in [0, 0.05) is 6.54 Å². The topological polar surface area (TPSA) is 58.2 Å². The van der Waals surface area contributed by atoms with E-state index in [1.54, 1.807) is 6.92 Å². The Labute approximate surface area is 72.0 Å². The molecule has 0 fully saturated rings. The summed E-state index contributed by atoms with van der Waals surface area (Å²) in [5, 5.41) is 5.03. The van der Waals surface area contributed by atoms with E-state index in [0.717, 1.165) is 6.08 Å². The van der Waals surface area contributed by atoms with Gasteiger partial charge in [-0.05, 0) is 19.9 Å². The highest BCUT2D eigenvalue weighted by molar-refractivity contribution is 5.92. The monoisotopic (exact) mass is 170 g/mol. The lowest BCUT2D eigenvalue weighted by Crippen LogP contribution is -2.44. The Morgan fingerprint density at radius 3 is 2.58 bits per heavy atom. The van der Waals surface area contributed by atoms with Crippen LogP contribution in [-0.4, -0.2) is 24.4 Å². The highest BCUT2D eigenvalue weighted by atomic mass is 16.2. The van der Waals surface area contributed by atoms with Crippen LogP contribution in [0.2, 0.25) is 0 Å². The standard InChI is InChI=1S/C8H14N2O2/c1-4-7(11)10-6(3)8(12)9-5-2/h4,6H,1,5H2,2-3H3,(H,9,12)(H,10,11). The Morgan fingerprint density at radius 2 is 2.17 bits per heavy atom. The van der Waals surface area contributed by atoms with Gasteiger partial charge in [-0.15, -0.1) is 0 Å². The SMILES string of the molecule is C=CC(=O)NC(C)C(=O)NCC. The first-order valence-corrected chi connectivity index (χ1v) is 3.82. The van der Waals surface area contributed by atoms with Crippen LogP contribution in [0.1, 0.15) is 13.8 Å². The zero-order chi connectivity index (χ0) is 9.56. The van der Waals surface area contributed by atoms with Gasteiger partial charge in [0.25, 0.3) is 0 Å². The second kappa shape index (κ2) is 5.35. The van der Waals surface area contributed by atoms with Crippen molar-refractivity contribution in [3.63, 3.8) is 0 Å². The Hall–Kier alpha value is -1.32. The molecule has 0 aliphatic rings. The summed E-state index contributed by atoms with van der Waals surface area (Å²) in [7, 11) is 0. The van der Waals surface area contributed by atoms with E-state index in [-0.39, 0.29) is 11.8 Å². The number of hydrogen-bond acceptors (Lipinski definition) is 2. The molecule has 0 aliphatic carbocycles. The molecule has 68 valence electrons. The van der Waals surface area contributed by atoms with Crippen LogP contribution in [0.25, 0.3) is 0 Å². The van der Waals surface area contributed by atoms with Gasteiger partial charge in [-0.25, -0.2) is 0 Å². The highest BCUT2D eigenvalue weighted by Crippen LogP contribution is 1.81. The van der Waals surface area contributed by atoms with Crippen molar-refractivity contribution in [1.82, 2.24) is 10.6 Å². The molecule has 0 rings (SSSR count). The number of likely N-dealkylation sites (N-methyl/N-ethyl adjacent to an activating group) is 1. The smallest absolute Gasteiger partial charge is 0.244 e. The molecule has 0 bridgehead atoms. The zero-order valence-electron chi connectivity index (χ0n) is 7.39. The molecular weight excluding hydrogens is 156 g/mol. The van der Waals surface area contributed by atoms with Crippen molar-refractivity contribution in [3.8, 4) is 0 Å². The summed E-state index contributed by atoms with van der Waals surface area (Å²) < 4.78 is 0. The zero-order valence-corrected chi connectivity index (χ0v) is 7.39. The van der Waals surface area contributed by atoms with E-state index in [1.807, 2.05) is 6.92 Å². The van der Waals surface area contributed by atoms with Crippen molar-refractivity contribution < 1.29 is 9.59 Å². The van der Waals surface area contributed by atoms with Gasteiger partial charge in [0.15, 0.2) is 0 Å². The van der Waals surface area contributed by atoms with Crippen LogP contribution in [-0.2, 0) is 9.59 Å². The van der Waals surface area contributed by atoms with E-state index in [1.165, 1.54) is 0 Å². The molecule has 0 saturated carbocycles. The number of amides is 2. The van der Waals surface area contributed by atoms with Gasteiger partial charge in [-0.1, -0.05) is 6.58 Å². The third-order valence-corrected chi connectivity index (χ3v) is 1.29. The van der Waals surface area contributed by atoms with E-state index >= 15 is 0 Å². The van der Waals surface area contributed by atoms with E-state index in [2.05, 4.69) is 17.2 Å². The molecule has 1 unspecified atom stereocenters. The number of rotatable bonds is 4. The highest BCUT2D eigenvalue weighted by Gasteiger charge is 2.11. The third kappa shape index (κ3) is 3.75. The second-order valence-corrected chi connectivity index (χ2v) is 2.33. The minimum atomic E-state index is -0.504. The minimum absolute atomic E-state index is 0.187. The summed E-state index contributed by atoms with van der Waals surface area (Å²) in [6.07, 6.45) is 1.13. The Balaban J connectivity index is 3.85. The first kappa shape index (κ1) is 10.7. The molecular formula is C8H14N2O2.